The molecule has 0 aliphatic carbocycles. The van der Waals surface area contributed by atoms with Crippen molar-refractivity contribution in [1.82, 2.24) is 4.90 Å². The molecule has 1 rings (SSSR count). The fourth-order valence-corrected chi connectivity index (χ4v) is 1.47. The molecular formula is C8H14N2O3. The minimum Gasteiger partial charge on any atom is -0.477 e. The molecule has 1 saturated heterocycles. The number of rotatable bonds is 3. The van der Waals surface area contributed by atoms with E-state index in [1.54, 1.807) is 0 Å². The van der Waals surface area contributed by atoms with Crippen molar-refractivity contribution >= 4 is 11.7 Å². The number of hydrogen-bond acceptors (Lipinski definition) is 4. The normalized spacial score (nSPS) is 20.2. The van der Waals surface area contributed by atoms with Gasteiger partial charge in [-0.2, -0.15) is 0 Å². The molecule has 5 heteroatoms. The largest absolute Gasteiger partial charge is 0.477 e. The van der Waals surface area contributed by atoms with Crippen LogP contribution < -0.4 is 0 Å². The van der Waals surface area contributed by atoms with E-state index in [9.17, 15) is 4.79 Å². The Hall–Kier alpha value is -1.10. The van der Waals surface area contributed by atoms with Crippen LogP contribution in [-0.2, 0) is 4.79 Å². The van der Waals surface area contributed by atoms with Gasteiger partial charge in [0.2, 0.25) is 0 Å². The monoisotopic (exact) mass is 186 g/mol. The maximum atomic E-state index is 10.5. The third-order valence-electron chi connectivity index (χ3n) is 2.19. The van der Waals surface area contributed by atoms with Crippen molar-refractivity contribution < 1.29 is 15.1 Å². The number of oxime groups is 1. The highest BCUT2D eigenvalue weighted by molar-refractivity contribution is 6.36. The molecule has 2 N–H and O–H groups in total. The lowest BCUT2D eigenvalue weighted by Gasteiger charge is -2.25. The number of carboxylic acid groups (broad SMARTS) is 1. The van der Waals surface area contributed by atoms with Crippen LogP contribution in [0.15, 0.2) is 5.16 Å². The first-order valence-corrected chi connectivity index (χ1v) is 4.40. The molecule has 74 valence electrons. The molecule has 0 atom stereocenters. The molecule has 0 aromatic carbocycles. The van der Waals surface area contributed by atoms with E-state index in [0.717, 1.165) is 25.9 Å². The van der Waals surface area contributed by atoms with Crippen LogP contribution in [0.3, 0.4) is 0 Å². The standard InChI is InChI=1S/C8H14N2O3/c11-8(12)7(9-13)6-10-4-2-1-3-5-10/h13H,1-6H2,(H,11,12)/b9-7-. The minimum absolute atomic E-state index is 0.179. The molecule has 1 aliphatic heterocycles. The molecule has 1 fully saturated rings. The average molecular weight is 186 g/mol. The second-order valence-electron chi connectivity index (χ2n) is 3.19. The van der Waals surface area contributed by atoms with Gasteiger partial charge in [0.05, 0.1) is 6.54 Å². The van der Waals surface area contributed by atoms with E-state index in [2.05, 4.69) is 5.16 Å². The molecule has 0 amide bonds. The summed E-state index contributed by atoms with van der Waals surface area (Å²) >= 11 is 0. The number of carbonyl (C=O) groups is 1. The maximum Gasteiger partial charge on any atom is 0.355 e. The van der Waals surface area contributed by atoms with Crippen LogP contribution in [0, 0.1) is 0 Å². The van der Waals surface area contributed by atoms with Gasteiger partial charge in [0, 0.05) is 0 Å². The number of hydrogen-bond donors (Lipinski definition) is 2. The van der Waals surface area contributed by atoms with E-state index >= 15 is 0 Å². The van der Waals surface area contributed by atoms with Crippen LogP contribution in [0.25, 0.3) is 0 Å². The third-order valence-corrected chi connectivity index (χ3v) is 2.19. The number of piperidine rings is 1. The van der Waals surface area contributed by atoms with Gasteiger partial charge in [-0.25, -0.2) is 4.79 Å². The lowest BCUT2D eigenvalue weighted by molar-refractivity contribution is -0.129. The zero-order valence-electron chi connectivity index (χ0n) is 7.44. The fourth-order valence-electron chi connectivity index (χ4n) is 1.47. The average Bonchev–Trinajstić information content (AvgIpc) is 2.15. The minimum atomic E-state index is -1.15. The van der Waals surface area contributed by atoms with Crippen LogP contribution in [0.1, 0.15) is 19.3 Å². The van der Waals surface area contributed by atoms with Crippen LogP contribution in [-0.4, -0.2) is 46.5 Å². The van der Waals surface area contributed by atoms with Crippen LogP contribution in [0.5, 0.6) is 0 Å². The quantitative estimate of drug-likeness (QED) is 0.380. The molecule has 0 radical (unpaired) electrons. The van der Waals surface area contributed by atoms with Gasteiger partial charge in [-0.3, -0.25) is 4.90 Å². The van der Waals surface area contributed by atoms with Gasteiger partial charge in [0.1, 0.15) is 0 Å². The van der Waals surface area contributed by atoms with E-state index in [-0.39, 0.29) is 12.3 Å². The molecule has 0 bridgehead atoms. The number of nitrogens with zero attached hydrogens (tertiary/aromatic N) is 2. The van der Waals surface area contributed by atoms with Gasteiger partial charge in [-0.15, -0.1) is 0 Å². The van der Waals surface area contributed by atoms with E-state index in [4.69, 9.17) is 10.3 Å². The summed E-state index contributed by atoms with van der Waals surface area (Å²) in [6.45, 7) is 2.03. The Labute approximate surface area is 76.6 Å². The molecule has 0 aromatic rings. The van der Waals surface area contributed by atoms with Gasteiger partial charge in [-0.05, 0) is 25.9 Å². The summed E-state index contributed by atoms with van der Waals surface area (Å²) in [7, 11) is 0. The summed E-state index contributed by atoms with van der Waals surface area (Å²) in [5.74, 6) is -1.15. The second kappa shape index (κ2) is 4.81. The Kier molecular flexibility index (Phi) is 3.70. The van der Waals surface area contributed by atoms with Gasteiger partial charge < -0.3 is 10.3 Å². The van der Waals surface area contributed by atoms with Crippen molar-refractivity contribution in [2.24, 2.45) is 5.16 Å². The summed E-state index contributed by atoms with van der Waals surface area (Å²) in [6.07, 6.45) is 3.39. The van der Waals surface area contributed by atoms with E-state index in [0.29, 0.717) is 0 Å². The lowest BCUT2D eigenvalue weighted by atomic mass is 10.1. The molecule has 0 unspecified atom stereocenters. The summed E-state index contributed by atoms with van der Waals surface area (Å²) in [6, 6.07) is 0. The molecular weight excluding hydrogens is 172 g/mol. The molecule has 0 spiro atoms. The molecule has 1 aliphatic rings. The first-order valence-electron chi connectivity index (χ1n) is 4.40. The molecule has 0 saturated carbocycles. The summed E-state index contributed by atoms with van der Waals surface area (Å²) in [4.78, 5) is 12.5. The SMILES string of the molecule is O=C(O)/C(CN1CCCCC1)=N\O. The highest BCUT2D eigenvalue weighted by Gasteiger charge is 2.17. The number of aliphatic carboxylic acids is 1. The molecule has 13 heavy (non-hydrogen) atoms. The Bertz CT molecular complexity index is 209. The predicted octanol–water partition coefficient (Wildman–Crippen LogP) is 0.387. The zero-order valence-corrected chi connectivity index (χ0v) is 7.44. The first kappa shape index (κ1) is 9.98. The fraction of sp³-hybridized carbons (Fsp3) is 0.750. The van der Waals surface area contributed by atoms with Crippen molar-refractivity contribution in [1.29, 1.82) is 0 Å². The van der Waals surface area contributed by atoms with Crippen molar-refractivity contribution in [3.8, 4) is 0 Å². The second-order valence-corrected chi connectivity index (χ2v) is 3.19. The van der Waals surface area contributed by atoms with Gasteiger partial charge in [-0.1, -0.05) is 11.6 Å². The molecule has 0 aromatic heterocycles. The summed E-state index contributed by atoms with van der Waals surface area (Å²) in [5, 5.41) is 19.8. The first-order chi connectivity index (χ1) is 6.24. The van der Waals surface area contributed by atoms with Crippen LogP contribution in [0.2, 0.25) is 0 Å². The van der Waals surface area contributed by atoms with Gasteiger partial charge >= 0.3 is 5.97 Å². The van der Waals surface area contributed by atoms with Crippen molar-refractivity contribution in [3.63, 3.8) is 0 Å². The Morgan fingerprint density at radius 2 is 1.92 bits per heavy atom. The molecule has 1 heterocycles. The molecule has 5 nitrogen and oxygen atoms in total. The summed E-state index contributed by atoms with van der Waals surface area (Å²) < 4.78 is 0. The van der Waals surface area contributed by atoms with Crippen molar-refractivity contribution in [3.05, 3.63) is 0 Å². The lowest BCUT2D eigenvalue weighted by Crippen LogP contribution is -2.37. The number of carboxylic acids is 1. The van der Waals surface area contributed by atoms with Crippen LogP contribution in [0.4, 0.5) is 0 Å². The van der Waals surface area contributed by atoms with E-state index in [1.807, 2.05) is 4.90 Å². The Morgan fingerprint density at radius 3 is 2.38 bits per heavy atom. The van der Waals surface area contributed by atoms with Crippen LogP contribution >= 0.6 is 0 Å². The Balaban J connectivity index is 2.41. The Morgan fingerprint density at radius 1 is 1.31 bits per heavy atom. The summed E-state index contributed by atoms with van der Waals surface area (Å²) in [5.41, 5.74) is -0.179. The van der Waals surface area contributed by atoms with Crippen molar-refractivity contribution in [2.45, 2.75) is 19.3 Å². The van der Waals surface area contributed by atoms with Gasteiger partial charge in [0.15, 0.2) is 5.71 Å². The topological polar surface area (TPSA) is 73.1 Å². The van der Waals surface area contributed by atoms with E-state index in [1.165, 1.54) is 6.42 Å². The van der Waals surface area contributed by atoms with E-state index < -0.39 is 5.97 Å². The van der Waals surface area contributed by atoms with Gasteiger partial charge in [0.25, 0.3) is 0 Å². The smallest absolute Gasteiger partial charge is 0.355 e. The highest BCUT2D eigenvalue weighted by Crippen LogP contribution is 2.08. The number of likely N-dealkylation sites (tertiary alicyclic amines) is 1. The highest BCUT2D eigenvalue weighted by atomic mass is 16.4. The third kappa shape index (κ3) is 3.02. The predicted molar refractivity (Wildman–Crippen MR) is 47.1 cm³/mol. The maximum absolute atomic E-state index is 10.5. The van der Waals surface area contributed by atoms with Crippen molar-refractivity contribution in [2.75, 3.05) is 19.6 Å². The zero-order chi connectivity index (χ0) is 9.68.